The van der Waals surface area contributed by atoms with Crippen molar-refractivity contribution in [2.45, 2.75) is 26.5 Å². The first kappa shape index (κ1) is 22.8. The molecule has 5 aromatic rings. The third-order valence-electron chi connectivity index (χ3n) is 6.97. The topological polar surface area (TPSA) is 59.8 Å². The predicted molar refractivity (Wildman–Crippen MR) is 144 cm³/mol. The van der Waals surface area contributed by atoms with Gasteiger partial charge < -0.3 is 9.15 Å². The van der Waals surface area contributed by atoms with Crippen LogP contribution in [0.5, 0.6) is 5.75 Å². The first-order chi connectivity index (χ1) is 18.0. The zero-order valence-corrected chi connectivity index (χ0v) is 20.6. The average Bonchev–Trinajstić information content (AvgIpc) is 3.22. The zero-order chi connectivity index (χ0) is 25.5. The SMILES string of the molecule is Cc1ccc(N2C(=O)c3oc4ccccc4c(=O)c3C2c2cccc(OCc3ccccc3)c2)cc1C. The van der Waals surface area contributed by atoms with Crippen LogP contribution in [0.15, 0.2) is 106 Å². The van der Waals surface area contributed by atoms with Crippen LogP contribution in [-0.2, 0) is 6.61 Å². The Hall–Kier alpha value is -4.64. The molecule has 182 valence electrons. The van der Waals surface area contributed by atoms with E-state index in [9.17, 15) is 9.59 Å². The van der Waals surface area contributed by atoms with E-state index in [-0.39, 0.29) is 17.1 Å². The van der Waals surface area contributed by atoms with Gasteiger partial charge in [0.2, 0.25) is 5.76 Å². The maximum absolute atomic E-state index is 13.8. The molecule has 1 unspecified atom stereocenters. The molecular weight excluding hydrogens is 462 g/mol. The normalized spacial score (nSPS) is 14.7. The lowest BCUT2D eigenvalue weighted by molar-refractivity contribution is 0.0971. The summed E-state index contributed by atoms with van der Waals surface area (Å²) in [4.78, 5) is 29.3. The van der Waals surface area contributed by atoms with Crippen molar-refractivity contribution < 1.29 is 13.9 Å². The van der Waals surface area contributed by atoms with Gasteiger partial charge in [-0.05, 0) is 72.5 Å². The number of hydrogen-bond acceptors (Lipinski definition) is 4. The third kappa shape index (κ3) is 3.99. The first-order valence-electron chi connectivity index (χ1n) is 12.2. The van der Waals surface area contributed by atoms with E-state index in [1.165, 1.54) is 0 Å². The van der Waals surface area contributed by atoms with Crippen LogP contribution in [0.3, 0.4) is 0 Å². The molecule has 4 aromatic carbocycles. The minimum absolute atomic E-state index is 0.0857. The number of hydrogen-bond donors (Lipinski definition) is 0. The van der Waals surface area contributed by atoms with Crippen LogP contribution in [0.25, 0.3) is 11.0 Å². The Morgan fingerprint density at radius 2 is 1.59 bits per heavy atom. The van der Waals surface area contributed by atoms with Gasteiger partial charge in [-0.25, -0.2) is 0 Å². The molecule has 0 bridgehead atoms. The van der Waals surface area contributed by atoms with E-state index >= 15 is 0 Å². The van der Waals surface area contributed by atoms with Gasteiger partial charge in [-0.1, -0.05) is 60.7 Å². The maximum atomic E-state index is 13.8. The van der Waals surface area contributed by atoms with Crippen LogP contribution in [0.2, 0.25) is 0 Å². The van der Waals surface area contributed by atoms with Gasteiger partial charge in [0.1, 0.15) is 17.9 Å². The Bertz CT molecular complexity index is 1700. The van der Waals surface area contributed by atoms with E-state index < -0.39 is 6.04 Å². The highest BCUT2D eigenvalue weighted by molar-refractivity contribution is 6.10. The van der Waals surface area contributed by atoms with Crippen molar-refractivity contribution in [3.05, 3.63) is 141 Å². The van der Waals surface area contributed by atoms with E-state index in [1.54, 1.807) is 29.2 Å². The molecule has 1 aliphatic rings. The molecule has 2 heterocycles. The van der Waals surface area contributed by atoms with E-state index in [1.807, 2.05) is 86.6 Å². The lowest BCUT2D eigenvalue weighted by Crippen LogP contribution is -2.29. The minimum Gasteiger partial charge on any atom is -0.489 e. The van der Waals surface area contributed by atoms with Crippen molar-refractivity contribution in [2.24, 2.45) is 0 Å². The molecule has 0 saturated heterocycles. The minimum atomic E-state index is -0.647. The number of anilines is 1. The largest absolute Gasteiger partial charge is 0.489 e. The Morgan fingerprint density at radius 1 is 0.811 bits per heavy atom. The van der Waals surface area contributed by atoms with Crippen LogP contribution in [0, 0.1) is 13.8 Å². The van der Waals surface area contributed by atoms with Crippen molar-refractivity contribution in [3.8, 4) is 5.75 Å². The molecule has 37 heavy (non-hydrogen) atoms. The Kier molecular flexibility index (Phi) is 5.61. The number of aryl methyl sites for hydroxylation is 2. The number of benzene rings is 4. The van der Waals surface area contributed by atoms with E-state index in [4.69, 9.17) is 9.15 Å². The lowest BCUT2D eigenvalue weighted by Gasteiger charge is -2.26. The van der Waals surface area contributed by atoms with Gasteiger partial charge in [-0.2, -0.15) is 0 Å². The van der Waals surface area contributed by atoms with Gasteiger partial charge in [0, 0.05) is 5.69 Å². The molecule has 5 nitrogen and oxygen atoms in total. The molecule has 0 aliphatic carbocycles. The predicted octanol–water partition coefficient (Wildman–Crippen LogP) is 6.74. The number of ether oxygens (including phenoxy) is 1. The third-order valence-corrected chi connectivity index (χ3v) is 6.97. The van der Waals surface area contributed by atoms with Crippen LogP contribution in [0.4, 0.5) is 5.69 Å². The molecule has 5 heteroatoms. The van der Waals surface area contributed by atoms with Crippen molar-refractivity contribution in [2.75, 3.05) is 4.90 Å². The average molecular weight is 488 g/mol. The second-order valence-electron chi connectivity index (χ2n) is 9.36. The second kappa shape index (κ2) is 9.10. The standard InChI is InChI=1S/C32H25NO4/c1-20-15-16-24(17-21(20)2)33-29(23-11-8-12-25(18-23)36-19-22-9-4-3-5-10-22)28-30(34)26-13-6-7-14-27(26)37-31(28)32(33)35/h3-18,29H,19H2,1-2H3. The number of carbonyl (C=O) groups excluding carboxylic acids is 1. The van der Waals surface area contributed by atoms with Gasteiger partial charge >= 0.3 is 0 Å². The highest BCUT2D eigenvalue weighted by atomic mass is 16.5. The Balaban J connectivity index is 1.50. The maximum Gasteiger partial charge on any atom is 0.295 e. The molecule has 0 saturated carbocycles. The molecule has 0 spiro atoms. The Labute approximate surface area is 214 Å². The summed E-state index contributed by atoms with van der Waals surface area (Å²) < 4.78 is 12.1. The summed E-state index contributed by atoms with van der Waals surface area (Å²) >= 11 is 0. The van der Waals surface area contributed by atoms with Gasteiger partial charge in [-0.15, -0.1) is 0 Å². The lowest BCUT2D eigenvalue weighted by atomic mass is 9.97. The van der Waals surface area contributed by atoms with E-state index in [0.717, 1.165) is 22.3 Å². The number of para-hydroxylation sites is 1. The summed E-state index contributed by atoms with van der Waals surface area (Å²) in [5.74, 6) is 0.414. The van der Waals surface area contributed by atoms with Gasteiger partial charge in [0.05, 0.1) is 17.0 Å². The number of amides is 1. The zero-order valence-electron chi connectivity index (χ0n) is 20.6. The summed E-state index contributed by atoms with van der Waals surface area (Å²) in [6.07, 6.45) is 0. The van der Waals surface area contributed by atoms with Crippen LogP contribution in [-0.4, -0.2) is 5.91 Å². The smallest absolute Gasteiger partial charge is 0.295 e. The van der Waals surface area contributed by atoms with E-state index in [2.05, 4.69) is 0 Å². The summed E-state index contributed by atoms with van der Waals surface area (Å²) in [6.45, 7) is 4.46. The van der Waals surface area contributed by atoms with Gasteiger partial charge in [-0.3, -0.25) is 14.5 Å². The molecule has 0 radical (unpaired) electrons. The molecule has 1 aromatic heterocycles. The number of fused-ring (bicyclic) bond motifs is 2. The molecular formula is C32H25NO4. The van der Waals surface area contributed by atoms with Gasteiger partial charge in [0.15, 0.2) is 5.43 Å². The fourth-order valence-electron chi connectivity index (χ4n) is 4.89. The molecule has 0 N–H and O–H groups in total. The number of carbonyl (C=O) groups is 1. The quantitative estimate of drug-likeness (QED) is 0.276. The number of nitrogens with zero attached hydrogens (tertiary/aromatic N) is 1. The second-order valence-corrected chi connectivity index (χ2v) is 9.36. The fraction of sp³-hybridized carbons (Fsp3) is 0.125. The van der Waals surface area contributed by atoms with Crippen molar-refractivity contribution >= 4 is 22.6 Å². The van der Waals surface area contributed by atoms with Crippen molar-refractivity contribution in [3.63, 3.8) is 0 Å². The van der Waals surface area contributed by atoms with Crippen LogP contribution < -0.4 is 15.1 Å². The van der Waals surface area contributed by atoms with Gasteiger partial charge in [0.25, 0.3) is 5.91 Å². The highest BCUT2D eigenvalue weighted by Gasteiger charge is 2.43. The van der Waals surface area contributed by atoms with Crippen LogP contribution in [0.1, 0.15) is 44.4 Å². The molecule has 0 fully saturated rings. The first-order valence-corrected chi connectivity index (χ1v) is 12.2. The molecule has 1 amide bonds. The molecule has 1 aliphatic heterocycles. The van der Waals surface area contributed by atoms with E-state index in [0.29, 0.717) is 34.6 Å². The fourth-order valence-corrected chi connectivity index (χ4v) is 4.89. The summed E-state index contributed by atoms with van der Waals surface area (Å²) in [7, 11) is 0. The molecule has 6 rings (SSSR count). The van der Waals surface area contributed by atoms with Crippen molar-refractivity contribution in [1.82, 2.24) is 0 Å². The summed E-state index contributed by atoms with van der Waals surface area (Å²) in [5.41, 5.74) is 5.28. The summed E-state index contributed by atoms with van der Waals surface area (Å²) in [6, 6.07) is 29.8. The summed E-state index contributed by atoms with van der Waals surface area (Å²) in [5, 5.41) is 0.456. The molecule has 1 atom stereocenters. The highest BCUT2D eigenvalue weighted by Crippen LogP contribution is 2.42. The number of rotatable bonds is 5. The van der Waals surface area contributed by atoms with Crippen molar-refractivity contribution in [1.29, 1.82) is 0 Å². The van der Waals surface area contributed by atoms with Crippen LogP contribution >= 0.6 is 0 Å². The monoisotopic (exact) mass is 487 g/mol. The Morgan fingerprint density at radius 3 is 2.41 bits per heavy atom.